The number of halogens is 1. The number of rotatable bonds is 3. The molecule has 0 aliphatic heterocycles. The fraction of sp³-hybridized carbons (Fsp3) is 0.0625. The summed E-state index contributed by atoms with van der Waals surface area (Å²) in [4.78, 5) is 4.51. The number of hydrogen-bond donors (Lipinski definition) is 2. The van der Waals surface area contributed by atoms with Crippen LogP contribution >= 0.6 is 22.6 Å². The number of aromatic nitrogens is 1. The Morgan fingerprint density at radius 1 is 0.950 bits per heavy atom. The highest BCUT2D eigenvalue weighted by Crippen LogP contribution is 2.29. The van der Waals surface area contributed by atoms with E-state index in [1.54, 1.807) is 0 Å². The first-order valence-electron chi connectivity index (χ1n) is 6.35. The number of hydrogen-bond acceptors (Lipinski definition) is 3. The molecular formula is C16H14IN3. The summed E-state index contributed by atoms with van der Waals surface area (Å²) in [5, 5.41) is 1.12. The lowest BCUT2D eigenvalue weighted by Gasteiger charge is -2.19. The van der Waals surface area contributed by atoms with Gasteiger partial charge in [0, 0.05) is 20.7 Å². The molecule has 0 radical (unpaired) electrons. The molecule has 1 unspecified atom stereocenters. The van der Waals surface area contributed by atoms with Crippen LogP contribution in [0.1, 0.15) is 17.2 Å². The smallest absolute Gasteiger partial charge is 0.0753 e. The highest BCUT2D eigenvalue weighted by atomic mass is 127. The molecule has 3 nitrogen and oxygen atoms in total. The van der Waals surface area contributed by atoms with Crippen LogP contribution < -0.4 is 11.3 Å². The highest BCUT2D eigenvalue weighted by molar-refractivity contribution is 14.1. The minimum Gasteiger partial charge on any atom is -0.271 e. The summed E-state index contributed by atoms with van der Waals surface area (Å²) in [5.74, 6) is 5.82. The van der Waals surface area contributed by atoms with Crippen LogP contribution in [-0.2, 0) is 0 Å². The molecule has 20 heavy (non-hydrogen) atoms. The van der Waals surface area contributed by atoms with Gasteiger partial charge in [-0.15, -0.1) is 0 Å². The molecule has 1 aromatic heterocycles. The van der Waals surface area contributed by atoms with Crippen molar-refractivity contribution in [1.82, 2.24) is 10.4 Å². The Kier molecular flexibility index (Phi) is 3.95. The topological polar surface area (TPSA) is 50.9 Å². The summed E-state index contributed by atoms with van der Waals surface area (Å²) < 4.78 is 1.18. The fourth-order valence-electron chi connectivity index (χ4n) is 2.42. The van der Waals surface area contributed by atoms with Crippen LogP contribution in [0, 0.1) is 3.57 Å². The van der Waals surface area contributed by atoms with Gasteiger partial charge in [0.2, 0.25) is 0 Å². The quantitative estimate of drug-likeness (QED) is 0.419. The molecule has 0 saturated carbocycles. The number of para-hydroxylation sites is 1. The van der Waals surface area contributed by atoms with E-state index in [-0.39, 0.29) is 6.04 Å². The van der Waals surface area contributed by atoms with Gasteiger partial charge < -0.3 is 0 Å². The molecule has 3 rings (SSSR count). The van der Waals surface area contributed by atoms with E-state index in [0.29, 0.717) is 0 Å². The Hall–Kier alpha value is -1.50. The Labute approximate surface area is 131 Å². The van der Waals surface area contributed by atoms with Gasteiger partial charge in [-0.2, -0.15) is 0 Å². The molecule has 100 valence electrons. The lowest BCUT2D eigenvalue weighted by atomic mass is 9.97. The highest BCUT2D eigenvalue weighted by Gasteiger charge is 2.17. The van der Waals surface area contributed by atoms with Gasteiger partial charge >= 0.3 is 0 Å². The van der Waals surface area contributed by atoms with Crippen molar-refractivity contribution in [3.8, 4) is 0 Å². The minimum absolute atomic E-state index is 0.0679. The SMILES string of the molecule is NNC(c1ccccc1I)c1cccc2cccnc12. The predicted octanol–water partition coefficient (Wildman–Crippen LogP) is 3.39. The number of nitrogens with one attached hydrogen (secondary N) is 1. The van der Waals surface area contributed by atoms with Crippen molar-refractivity contribution in [3.63, 3.8) is 0 Å². The van der Waals surface area contributed by atoms with Crippen molar-refractivity contribution in [2.24, 2.45) is 5.84 Å². The summed E-state index contributed by atoms with van der Waals surface area (Å²) in [6, 6.07) is 18.4. The van der Waals surface area contributed by atoms with Crippen LogP contribution in [0.15, 0.2) is 60.8 Å². The average Bonchev–Trinajstić information content (AvgIpc) is 2.50. The van der Waals surface area contributed by atoms with Crippen LogP contribution in [0.4, 0.5) is 0 Å². The first-order chi connectivity index (χ1) is 9.81. The standard InChI is InChI=1S/C16H14IN3/c17-14-9-2-1-7-12(14)16(20-18)13-8-3-5-11-6-4-10-19-15(11)13/h1-10,16,20H,18H2. The number of benzene rings is 2. The van der Waals surface area contributed by atoms with Gasteiger partial charge in [-0.05, 0) is 40.3 Å². The molecule has 0 spiro atoms. The summed E-state index contributed by atoms with van der Waals surface area (Å²) in [7, 11) is 0. The molecule has 2 aromatic carbocycles. The van der Waals surface area contributed by atoms with Crippen molar-refractivity contribution >= 4 is 33.5 Å². The van der Waals surface area contributed by atoms with Crippen molar-refractivity contribution in [3.05, 3.63) is 75.5 Å². The number of hydrazine groups is 1. The maximum atomic E-state index is 5.82. The third-order valence-corrected chi connectivity index (χ3v) is 4.34. The number of fused-ring (bicyclic) bond motifs is 1. The van der Waals surface area contributed by atoms with E-state index >= 15 is 0 Å². The molecule has 3 N–H and O–H groups in total. The summed E-state index contributed by atoms with van der Waals surface area (Å²) in [6.45, 7) is 0. The lowest BCUT2D eigenvalue weighted by molar-refractivity contribution is 0.637. The molecule has 0 fully saturated rings. The maximum Gasteiger partial charge on any atom is 0.0753 e. The van der Waals surface area contributed by atoms with Crippen LogP contribution in [0.5, 0.6) is 0 Å². The number of nitrogens with two attached hydrogens (primary N) is 1. The molecule has 4 heteroatoms. The Balaban J connectivity index is 2.20. The van der Waals surface area contributed by atoms with Gasteiger partial charge in [0.1, 0.15) is 0 Å². The van der Waals surface area contributed by atoms with E-state index in [1.807, 2.05) is 30.5 Å². The third-order valence-electron chi connectivity index (χ3n) is 3.36. The second-order valence-electron chi connectivity index (χ2n) is 4.54. The Morgan fingerprint density at radius 3 is 2.50 bits per heavy atom. The number of nitrogens with zero attached hydrogens (tertiary/aromatic N) is 1. The van der Waals surface area contributed by atoms with E-state index in [0.717, 1.165) is 22.0 Å². The number of pyridine rings is 1. The lowest BCUT2D eigenvalue weighted by Crippen LogP contribution is -2.29. The summed E-state index contributed by atoms with van der Waals surface area (Å²) in [6.07, 6.45) is 1.81. The van der Waals surface area contributed by atoms with Crippen LogP contribution in [0.3, 0.4) is 0 Å². The van der Waals surface area contributed by atoms with Crippen LogP contribution in [0.25, 0.3) is 10.9 Å². The molecule has 0 saturated heterocycles. The van der Waals surface area contributed by atoms with Gasteiger partial charge in [0.15, 0.2) is 0 Å². The Morgan fingerprint density at radius 2 is 1.70 bits per heavy atom. The van der Waals surface area contributed by atoms with Gasteiger partial charge in [0.05, 0.1) is 11.6 Å². The zero-order valence-corrected chi connectivity index (χ0v) is 12.9. The molecule has 0 aliphatic carbocycles. The molecule has 0 bridgehead atoms. The zero-order chi connectivity index (χ0) is 13.9. The van der Waals surface area contributed by atoms with Gasteiger partial charge in [0.25, 0.3) is 0 Å². The van der Waals surface area contributed by atoms with Gasteiger partial charge in [-0.25, -0.2) is 5.43 Å². The first kappa shape index (κ1) is 13.5. The summed E-state index contributed by atoms with van der Waals surface area (Å²) >= 11 is 2.33. The molecule has 0 aliphatic rings. The van der Waals surface area contributed by atoms with Gasteiger partial charge in [-0.1, -0.05) is 42.5 Å². The molecule has 1 atom stereocenters. The van der Waals surface area contributed by atoms with E-state index in [4.69, 9.17) is 5.84 Å². The average molecular weight is 375 g/mol. The summed E-state index contributed by atoms with van der Waals surface area (Å²) in [5.41, 5.74) is 6.16. The normalized spacial score (nSPS) is 12.5. The maximum absolute atomic E-state index is 5.82. The fourth-order valence-corrected chi connectivity index (χ4v) is 3.12. The van der Waals surface area contributed by atoms with E-state index in [2.05, 4.69) is 63.3 Å². The van der Waals surface area contributed by atoms with E-state index in [1.165, 1.54) is 3.57 Å². The largest absolute Gasteiger partial charge is 0.271 e. The third kappa shape index (κ3) is 2.42. The predicted molar refractivity (Wildman–Crippen MR) is 90.1 cm³/mol. The van der Waals surface area contributed by atoms with Crippen molar-refractivity contribution in [2.75, 3.05) is 0 Å². The van der Waals surface area contributed by atoms with Crippen LogP contribution in [0.2, 0.25) is 0 Å². The second kappa shape index (κ2) is 5.87. The second-order valence-corrected chi connectivity index (χ2v) is 5.71. The van der Waals surface area contributed by atoms with E-state index < -0.39 is 0 Å². The first-order valence-corrected chi connectivity index (χ1v) is 7.43. The molecule has 0 amide bonds. The van der Waals surface area contributed by atoms with E-state index in [9.17, 15) is 0 Å². The van der Waals surface area contributed by atoms with Crippen molar-refractivity contribution < 1.29 is 0 Å². The van der Waals surface area contributed by atoms with Crippen molar-refractivity contribution in [2.45, 2.75) is 6.04 Å². The van der Waals surface area contributed by atoms with Gasteiger partial charge in [-0.3, -0.25) is 10.8 Å². The molecule has 3 aromatic rings. The molecular weight excluding hydrogens is 361 g/mol. The van der Waals surface area contributed by atoms with Crippen molar-refractivity contribution in [1.29, 1.82) is 0 Å². The molecule has 1 heterocycles. The van der Waals surface area contributed by atoms with Crippen LogP contribution in [-0.4, -0.2) is 4.98 Å². The Bertz CT molecular complexity index is 737. The monoisotopic (exact) mass is 375 g/mol. The zero-order valence-electron chi connectivity index (χ0n) is 10.8. The minimum atomic E-state index is -0.0679.